The van der Waals surface area contributed by atoms with Gasteiger partial charge in [0.25, 0.3) is 0 Å². The van der Waals surface area contributed by atoms with E-state index in [-0.39, 0.29) is 12.5 Å². The summed E-state index contributed by atoms with van der Waals surface area (Å²) in [5.41, 5.74) is 4.03. The number of aryl methyl sites for hydroxylation is 1. The van der Waals surface area contributed by atoms with Gasteiger partial charge in [-0.1, -0.05) is 36.4 Å². The number of nitrogens with zero attached hydrogens (tertiary/aromatic N) is 4. The first-order valence-corrected chi connectivity index (χ1v) is 8.47. The Labute approximate surface area is 151 Å². The minimum atomic E-state index is -0.0820. The van der Waals surface area contributed by atoms with Crippen LogP contribution >= 0.6 is 0 Å². The first kappa shape index (κ1) is 16.1. The summed E-state index contributed by atoms with van der Waals surface area (Å²) >= 11 is 0. The number of para-hydroxylation sites is 1. The lowest BCUT2D eigenvalue weighted by Crippen LogP contribution is -2.27. The van der Waals surface area contributed by atoms with Gasteiger partial charge in [0.2, 0.25) is 5.91 Å². The monoisotopic (exact) mass is 345 g/mol. The van der Waals surface area contributed by atoms with Crippen molar-refractivity contribution in [2.45, 2.75) is 20.0 Å². The molecule has 0 radical (unpaired) electrons. The first-order chi connectivity index (χ1) is 12.7. The molecule has 6 heteroatoms. The normalized spacial score (nSPS) is 11.0. The molecule has 4 aromatic rings. The lowest BCUT2D eigenvalue weighted by atomic mass is 10.2. The number of carbonyl (C=O) groups excluding carboxylic acids is 1. The predicted molar refractivity (Wildman–Crippen MR) is 99.9 cm³/mol. The SMILES string of the molecule is Cc1ccccc1-n1cc(CNC(=O)Cn2cc3ccccc3n2)cn1. The Morgan fingerprint density at radius 2 is 1.88 bits per heavy atom. The maximum absolute atomic E-state index is 12.2. The van der Waals surface area contributed by atoms with Gasteiger partial charge in [-0.3, -0.25) is 9.48 Å². The van der Waals surface area contributed by atoms with E-state index >= 15 is 0 Å². The van der Waals surface area contributed by atoms with Crippen molar-refractivity contribution in [3.63, 3.8) is 0 Å². The Balaban J connectivity index is 1.38. The Morgan fingerprint density at radius 1 is 1.08 bits per heavy atom. The quantitative estimate of drug-likeness (QED) is 0.605. The second-order valence-corrected chi connectivity index (χ2v) is 6.24. The van der Waals surface area contributed by atoms with Crippen LogP contribution in [-0.4, -0.2) is 25.5 Å². The van der Waals surface area contributed by atoms with E-state index in [0.29, 0.717) is 6.54 Å². The van der Waals surface area contributed by atoms with Crippen LogP contribution in [0.1, 0.15) is 11.1 Å². The highest BCUT2D eigenvalue weighted by Gasteiger charge is 2.07. The van der Waals surface area contributed by atoms with Crippen molar-refractivity contribution in [1.82, 2.24) is 24.9 Å². The van der Waals surface area contributed by atoms with Gasteiger partial charge in [-0.05, 0) is 24.6 Å². The van der Waals surface area contributed by atoms with Crippen LogP contribution in [0.25, 0.3) is 16.6 Å². The Morgan fingerprint density at radius 3 is 2.73 bits per heavy atom. The summed E-state index contributed by atoms with van der Waals surface area (Å²) in [7, 11) is 0. The second kappa shape index (κ2) is 6.84. The molecule has 0 fully saturated rings. The summed E-state index contributed by atoms with van der Waals surface area (Å²) in [6.07, 6.45) is 5.59. The molecule has 0 saturated carbocycles. The van der Waals surface area contributed by atoms with Crippen molar-refractivity contribution >= 4 is 16.8 Å². The zero-order chi connectivity index (χ0) is 17.9. The average molecular weight is 345 g/mol. The van der Waals surface area contributed by atoms with E-state index in [1.54, 1.807) is 10.9 Å². The van der Waals surface area contributed by atoms with Crippen molar-refractivity contribution in [1.29, 1.82) is 0 Å². The molecule has 0 aliphatic carbocycles. The molecule has 0 saturated heterocycles. The van der Waals surface area contributed by atoms with Crippen LogP contribution in [-0.2, 0) is 17.9 Å². The third kappa shape index (κ3) is 3.35. The lowest BCUT2D eigenvalue weighted by molar-refractivity contribution is -0.122. The molecule has 6 nitrogen and oxygen atoms in total. The van der Waals surface area contributed by atoms with Gasteiger partial charge >= 0.3 is 0 Å². The van der Waals surface area contributed by atoms with Gasteiger partial charge in [0.05, 0.1) is 17.4 Å². The minimum Gasteiger partial charge on any atom is -0.350 e. The predicted octanol–water partition coefficient (Wildman–Crippen LogP) is 2.85. The van der Waals surface area contributed by atoms with E-state index < -0.39 is 0 Å². The Hall–Kier alpha value is -3.41. The number of aromatic nitrogens is 4. The Bertz CT molecular complexity index is 1030. The molecule has 0 aliphatic rings. The van der Waals surface area contributed by atoms with Crippen LogP contribution < -0.4 is 5.32 Å². The van der Waals surface area contributed by atoms with Crippen molar-refractivity contribution in [2.75, 3.05) is 0 Å². The van der Waals surface area contributed by atoms with Crippen LogP contribution in [0.3, 0.4) is 0 Å². The molecule has 0 spiro atoms. The largest absolute Gasteiger partial charge is 0.350 e. The molecule has 0 aliphatic heterocycles. The third-order valence-electron chi connectivity index (χ3n) is 4.25. The summed E-state index contributed by atoms with van der Waals surface area (Å²) in [4.78, 5) is 12.2. The zero-order valence-electron chi connectivity index (χ0n) is 14.5. The minimum absolute atomic E-state index is 0.0820. The van der Waals surface area contributed by atoms with Gasteiger partial charge in [0.15, 0.2) is 0 Å². The molecular weight excluding hydrogens is 326 g/mol. The standard InChI is InChI=1S/C20H19N5O/c1-15-6-2-5-9-19(15)25-12-16(11-22-25)10-21-20(26)14-24-13-17-7-3-4-8-18(17)23-24/h2-9,11-13H,10,14H2,1H3,(H,21,26). The van der Waals surface area contributed by atoms with Gasteiger partial charge < -0.3 is 5.32 Å². The van der Waals surface area contributed by atoms with E-state index in [1.807, 2.05) is 72.5 Å². The fourth-order valence-electron chi connectivity index (χ4n) is 2.90. The summed E-state index contributed by atoms with van der Waals surface area (Å²) in [5, 5.41) is 12.7. The number of nitrogens with one attached hydrogen (secondary N) is 1. The molecule has 130 valence electrons. The molecule has 1 amide bonds. The van der Waals surface area contributed by atoms with E-state index in [1.165, 1.54) is 0 Å². The molecule has 2 aromatic heterocycles. The van der Waals surface area contributed by atoms with Gasteiger partial charge in [0.1, 0.15) is 6.54 Å². The maximum Gasteiger partial charge on any atom is 0.242 e. The number of carbonyl (C=O) groups is 1. The number of fused-ring (bicyclic) bond motifs is 1. The Kier molecular flexibility index (Phi) is 4.23. The molecule has 0 unspecified atom stereocenters. The second-order valence-electron chi connectivity index (χ2n) is 6.24. The molecular formula is C20H19N5O. The number of rotatable bonds is 5. The van der Waals surface area contributed by atoms with Crippen LogP contribution in [0.5, 0.6) is 0 Å². The van der Waals surface area contributed by atoms with Crippen molar-refractivity contribution in [2.24, 2.45) is 0 Å². The summed E-state index contributed by atoms with van der Waals surface area (Å²) in [6.45, 7) is 2.68. The fraction of sp³-hybridized carbons (Fsp3) is 0.150. The molecule has 1 N–H and O–H groups in total. The van der Waals surface area contributed by atoms with Crippen molar-refractivity contribution < 1.29 is 4.79 Å². The van der Waals surface area contributed by atoms with Gasteiger partial charge in [0, 0.05) is 29.9 Å². The smallest absolute Gasteiger partial charge is 0.242 e. The van der Waals surface area contributed by atoms with E-state index in [9.17, 15) is 4.79 Å². The van der Waals surface area contributed by atoms with E-state index in [4.69, 9.17) is 0 Å². The highest BCUT2D eigenvalue weighted by Crippen LogP contribution is 2.13. The average Bonchev–Trinajstić information content (AvgIpc) is 3.26. The highest BCUT2D eigenvalue weighted by molar-refractivity contribution is 5.79. The summed E-state index contributed by atoms with van der Waals surface area (Å²) < 4.78 is 3.49. The third-order valence-corrected chi connectivity index (χ3v) is 4.25. The van der Waals surface area contributed by atoms with Crippen LogP contribution in [0.15, 0.2) is 67.1 Å². The first-order valence-electron chi connectivity index (χ1n) is 8.47. The van der Waals surface area contributed by atoms with Crippen LogP contribution in [0.4, 0.5) is 0 Å². The van der Waals surface area contributed by atoms with E-state index in [0.717, 1.165) is 27.7 Å². The van der Waals surface area contributed by atoms with Crippen molar-refractivity contribution in [3.05, 3.63) is 78.2 Å². The maximum atomic E-state index is 12.2. The zero-order valence-corrected chi connectivity index (χ0v) is 14.5. The van der Waals surface area contributed by atoms with Gasteiger partial charge in [-0.25, -0.2) is 4.68 Å². The number of hydrogen-bond donors (Lipinski definition) is 1. The van der Waals surface area contributed by atoms with E-state index in [2.05, 4.69) is 15.5 Å². The molecule has 2 aromatic carbocycles. The molecule has 0 atom stereocenters. The number of amides is 1. The number of hydrogen-bond acceptors (Lipinski definition) is 3. The van der Waals surface area contributed by atoms with Crippen molar-refractivity contribution in [3.8, 4) is 5.69 Å². The number of benzene rings is 2. The molecule has 0 bridgehead atoms. The fourth-order valence-corrected chi connectivity index (χ4v) is 2.90. The van der Waals surface area contributed by atoms with Gasteiger partial charge in [-0.15, -0.1) is 0 Å². The summed E-state index contributed by atoms with van der Waals surface area (Å²) in [5.74, 6) is -0.0820. The van der Waals surface area contributed by atoms with Crippen LogP contribution in [0.2, 0.25) is 0 Å². The van der Waals surface area contributed by atoms with Crippen LogP contribution in [0, 0.1) is 6.92 Å². The lowest BCUT2D eigenvalue weighted by Gasteiger charge is -2.05. The molecule has 26 heavy (non-hydrogen) atoms. The molecule has 4 rings (SSSR count). The van der Waals surface area contributed by atoms with Gasteiger partial charge in [-0.2, -0.15) is 10.2 Å². The molecule has 2 heterocycles. The highest BCUT2D eigenvalue weighted by atomic mass is 16.2. The summed E-state index contributed by atoms with van der Waals surface area (Å²) in [6, 6.07) is 15.9. The topological polar surface area (TPSA) is 64.7 Å².